The van der Waals surface area contributed by atoms with Crippen molar-refractivity contribution < 1.29 is 31.5 Å². The number of nitrogens with two attached hydrogens (primary N) is 2. The van der Waals surface area contributed by atoms with Gasteiger partial charge in [-0.25, -0.2) is 13.6 Å². The summed E-state index contributed by atoms with van der Waals surface area (Å²) in [6, 6.07) is 3.48. The van der Waals surface area contributed by atoms with Gasteiger partial charge in [-0.3, -0.25) is 15.1 Å². The summed E-state index contributed by atoms with van der Waals surface area (Å²) in [4.78, 5) is 28.1. The van der Waals surface area contributed by atoms with Gasteiger partial charge in [-0.15, -0.1) is 0 Å². The first-order chi connectivity index (χ1) is 15.8. The van der Waals surface area contributed by atoms with Gasteiger partial charge >= 0.3 is 12.2 Å². The van der Waals surface area contributed by atoms with Gasteiger partial charge in [0.05, 0.1) is 38.4 Å². The molecule has 0 unspecified atom stereocenters. The number of rotatable bonds is 3. The summed E-state index contributed by atoms with van der Waals surface area (Å²) in [5.41, 5.74) is 7.87. The molecule has 1 aromatic heterocycles. The quantitative estimate of drug-likeness (QED) is 0.269. The third-order valence-corrected chi connectivity index (χ3v) is 5.03. The van der Waals surface area contributed by atoms with E-state index < -0.39 is 51.6 Å². The van der Waals surface area contributed by atoms with Crippen LogP contribution in [0.1, 0.15) is 15.9 Å². The Kier molecular flexibility index (Phi) is 6.84. The third kappa shape index (κ3) is 4.97. The van der Waals surface area contributed by atoms with E-state index in [1.165, 1.54) is 12.1 Å². The molecule has 0 spiro atoms. The molecule has 6 N–H and O–H groups in total. The molecule has 7 nitrogen and oxygen atoms in total. The zero-order chi connectivity index (χ0) is 25.4. The second-order valence-electron chi connectivity index (χ2n) is 6.67. The van der Waals surface area contributed by atoms with Gasteiger partial charge in [-0.1, -0.05) is 23.2 Å². The van der Waals surface area contributed by atoms with Crippen LogP contribution in [-0.4, -0.2) is 16.9 Å². The lowest BCUT2D eigenvalue weighted by atomic mass is 10.1. The van der Waals surface area contributed by atoms with Gasteiger partial charge in [0.25, 0.3) is 5.91 Å². The van der Waals surface area contributed by atoms with E-state index in [-0.39, 0.29) is 27.7 Å². The fourth-order valence-corrected chi connectivity index (χ4v) is 3.33. The van der Waals surface area contributed by atoms with Gasteiger partial charge in [0.15, 0.2) is 5.82 Å². The minimum atomic E-state index is -4.69. The monoisotopic (exact) mass is 519 g/mol. The SMILES string of the molecule is Nc1ccc(F)c(C(=O)NC(=O)Nc2ccc(Cl)c(-c3ncc(C(F)(F)F)cc3Cl)c2N)c1F. The molecule has 34 heavy (non-hydrogen) atoms. The average Bonchev–Trinajstić information content (AvgIpc) is 2.73. The lowest BCUT2D eigenvalue weighted by Gasteiger charge is -2.16. The number of nitrogen functional groups attached to an aromatic ring is 2. The highest BCUT2D eigenvalue weighted by atomic mass is 35.5. The van der Waals surface area contributed by atoms with Crippen LogP contribution in [-0.2, 0) is 6.18 Å². The maximum absolute atomic E-state index is 14.0. The van der Waals surface area contributed by atoms with Gasteiger partial charge in [-0.05, 0) is 30.3 Å². The van der Waals surface area contributed by atoms with Crippen molar-refractivity contribution in [2.45, 2.75) is 6.18 Å². The predicted octanol–water partition coefficient (Wildman–Crippen LogP) is 5.48. The molecule has 0 atom stereocenters. The fourth-order valence-electron chi connectivity index (χ4n) is 2.82. The Morgan fingerprint density at radius 3 is 2.29 bits per heavy atom. The molecule has 3 rings (SSSR count). The molecule has 0 bridgehead atoms. The number of nitrogens with one attached hydrogen (secondary N) is 2. The van der Waals surface area contributed by atoms with Gasteiger partial charge in [0.1, 0.15) is 11.4 Å². The van der Waals surface area contributed by atoms with Crippen molar-refractivity contribution in [3.05, 3.63) is 69.3 Å². The second-order valence-corrected chi connectivity index (χ2v) is 7.48. The minimum Gasteiger partial charge on any atom is -0.396 e. The molecule has 1 heterocycles. The van der Waals surface area contributed by atoms with E-state index in [2.05, 4.69) is 10.3 Å². The van der Waals surface area contributed by atoms with Crippen LogP contribution in [0.4, 0.5) is 43.8 Å². The highest BCUT2D eigenvalue weighted by Crippen LogP contribution is 2.41. The number of carbonyl (C=O) groups excluding carboxylic acids is 2. The van der Waals surface area contributed by atoms with Gasteiger partial charge < -0.3 is 16.8 Å². The molecule has 3 aromatic rings. The molecule has 2 aromatic carbocycles. The number of pyridine rings is 1. The van der Waals surface area contributed by atoms with Crippen LogP contribution < -0.4 is 22.1 Å². The van der Waals surface area contributed by atoms with E-state index in [4.69, 9.17) is 34.7 Å². The number of carbonyl (C=O) groups is 2. The number of aromatic nitrogens is 1. The Labute approximate surface area is 197 Å². The van der Waals surface area contributed by atoms with Crippen LogP contribution >= 0.6 is 23.2 Å². The number of amides is 3. The predicted molar refractivity (Wildman–Crippen MR) is 116 cm³/mol. The largest absolute Gasteiger partial charge is 0.417 e. The number of urea groups is 1. The summed E-state index contributed by atoms with van der Waals surface area (Å²) in [7, 11) is 0. The fraction of sp³-hybridized carbons (Fsp3) is 0.0500. The minimum absolute atomic E-state index is 0.0578. The number of nitrogens with zero attached hydrogens (tertiary/aromatic N) is 1. The summed E-state index contributed by atoms with van der Waals surface area (Å²) in [5, 5.41) is 3.40. The topological polar surface area (TPSA) is 123 Å². The van der Waals surface area contributed by atoms with Crippen molar-refractivity contribution in [2.24, 2.45) is 0 Å². The van der Waals surface area contributed by atoms with Crippen molar-refractivity contribution in [3.8, 4) is 11.3 Å². The number of alkyl halides is 3. The maximum Gasteiger partial charge on any atom is 0.417 e. The van der Waals surface area contributed by atoms with Crippen molar-refractivity contribution >= 4 is 52.2 Å². The smallest absolute Gasteiger partial charge is 0.396 e. The molecule has 0 aliphatic carbocycles. The van der Waals surface area contributed by atoms with Crippen molar-refractivity contribution in [1.82, 2.24) is 10.3 Å². The lowest BCUT2D eigenvalue weighted by molar-refractivity contribution is -0.137. The van der Waals surface area contributed by atoms with Gasteiger partial charge in [-0.2, -0.15) is 13.2 Å². The van der Waals surface area contributed by atoms with E-state index in [0.717, 1.165) is 12.1 Å². The summed E-state index contributed by atoms with van der Waals surface area (Å²) in [5.74, 6) is -4.05. The van der Waals surface area contributed by atoms with Crippen LogP contribution in [0.3, 0.4) is 0 Å². The van der Waals surface area contributed by atoms with Crippen LogP contribution in [0.15, 0.2) is 36.5 Å². The number of hydrogen-bond donors (Lipinski definition) is 4. The van der Waals surface area contributed by atoms with Crippen molar-refractivity contribution in [3.63, 3.8) is 0 Å². The van der Waals surface area contributed by atoms with Crippen LogP contribution in [0, 0.1) is 11.6 Å². The van der Waals surface area contributed by atoms with E-state index in [1.54, 1.807) is 5.32 Å². The molecule has 0 fully saturated rings. The molecular weight excluding hydrogens is 508 g/mol. The average molecular weight is 520 g/mol. The Balaban J connectivity index is 1.89. The highest BCUT2D eigenvalue weighted by Gasteiger charge is 2.32. The van der Waals surface area contributed by atoms with Gasteiger partial charge in [0, 0.05) is 11.8 Å². The van der Waals surface area contributed by atoms with Gasteiger partial charge in [0.2, 0.25) is 0 Å². The first-order valence-corrected chi connectivity index (χ1v) is 9.73. The van der Waals surface area contributed by atoms with Crippen LogP contribution in [0.25, 0.3) is 11.3 Å². The molecule has 14 heteroatoms. The number of imide groups is 1. The summed E-state index contributed by atoms with van der Waals surface area (Å²) in [6.07, 6.45) is -4.17. The number of anilines is 3. The molecule has 0 aliphatic rings. The first kappa shape index (κ1) is 25.0. The third-order valence-electron chi connectivity index (χ3n) is 4.42. The van der Waals surface area contributed by atoms with Crippen LogP contribution in [0.2, 0.25) is 10.0 Å². The molecule has 3 amide bonds. The van der Waals surface area contributed by atoms with E-state index in [1.807, 2.05) is 0 Å². The molecule has 178 valence electrons. The molecule has 0 saturated carbocycles. The Morgan fingerprint density at radius 2 is 1.68 bits per heavy atom. The molecule has 0 saturated heterocycles. The van der Waals surface area contributed by atoms with Crippen molar-refractivity contribution in [1.29, 1.82) is 0 Å². The lowest BCUT2D eigenvalue weighted by Crippen LogP contribution is -2.35. The van der Waals surface area contributed by atoms with E-state index >= 15 is 0 Å². The standard InChI is InChI=1S/C20H12Cl2F5N5O2/c21-8-1-4-12(16(29)13(8)17-9(22)5-7(6-30-17)20(25,26)27)31-19(34)32-18(33)14-10(23)2-3-11(28)15(14)24/h1-6H,28-29H2,(H2,31,32,33,34). The molecule has 0 aliphatic heterocycles. The normalized spacial score (nSPS) is 11.3. The van der Waals surface area contributed by atoms with E-state index in [9.17, 15) is 31.5 Å². The Morgan fingerprint density at radius 1 is 1.00 bits per heavy atom. The molecule has 0 radical (unpaired) electrons. The zero-order valence-corrected chi connectivity index (χ0v) is 18.0. The summed E-state index contributed by atoms with van der Waals surface area (Å²) < 4.78 is 66.5. The number of hydrogen-bond acceptors (Lipinski definition) is 5. The summed E-state index contributed by atoms with van der Waals surface area (Å²) in [6.45, 7) is 0. The van der Waals surface area contributed by atoms with E-state index in [0.29, 0.717) is 12.3 Å². The zero-order valence-electron chi connectivity index (χ0n) is 16.5. The summed E-state index contributed by atoms with van der Waals surface area (Å²) >= 11 is 12.1. The first-order valence-electron chi connectivity index (χ1n) is 8.98. The number of benzene rings is 2. The highest BCUT2D eigenvalue weighted by molar-refractivity contribution is 6.37. The molecular formula is C20H12Cl2F5N5O2. The maximum atomic E-state index is 14.0. The number of halogens is 7. The Hall–Kier alpha value is -3.64. The second kappa shape index (κ2) is 9.31. The Bertz CT molecular complexity index is 1320. The van der Waals surface area contributed by atoms with Crippen molar-refractivity contribution in [2.75, 3.05) is 16.8 Å². The van der Waals surface area contributed by atoms with Crippen LogP contribution in [0.5, 0.6) is 0 Å².